The van der Waals surface area contributed by atoms with Crippen molar-refractivity contribution in [3.8, 4) is 0 Å². The number of para-hydroxylation sites is 1. The fraction of sp³-hybridized carbons (Fsp3) is 0.188. The summed E-state index contributed by atoms with van der Waals surface area (Å²) >= 11 is 1.69. The van der Waals surface area contributed by atoms with Crippen molar-refractivity contribution in [3.63, 3.8) is 0 Å². The van der Waals surface area contributed by atoms with Crippen molar-refractivity contribution in [1.29, 1.82) is 0 Å². The number of halogens is 1. The SMILES string of the molecule is CCSc1ccccc1NC(=O)Cc1ccc(F)cc1. The van der Waals surface area contributed by atoms with Crippen molar-refractivity contribution in [2.75, 3.05) is 11.1 Å². The molecule has 0 unspecified atom stereocenters. The summed E-state index contributed by atoms with van der Waals surface area (Å²) in [4.78, 5) is 13.1. The zero-order chi connectivity index (χ0) is 14.4. The maximum atomic E-state index is 12.8. The van der Waals surface area contributed by atoms with Crippen molar-refractivity contribution in [2.24, 2.45) is 0 Å². The zero-order valence-electron chi connectivity index (χ0n) is 11.2. The van der Waals surface area contributed by atoms with Crippen LogP contribution in [0.1, 0.15) is 12.5 Å². The van der Waals surface area contributed by atoms with Gasteiger partial charge in [-0.25, -0.2) is 4.39 Å². The third kappa shape index (κ3) is 4.10. The molecule has 2 rings (SSSR count). The fourth-order valence-corrected chi connectivity index (χ4v) is 2.59. The first-order valence-corrected chi connectivity index (χ1v) is 7.43. The Morgan fingerprint density at radius 2 is 1.85 bits per heavy atom. The van der Waals surface area contributed by atoms with Crippen LogP contribution in [0.4, 0.5) is 10.1 Å². The summed E-state index contributed by atoms with van der Waals surface area (Å²) in [6.07, 6.45) is 0.241. The van der Waals surface area contributed by atoms with Crippen molar-refractivity contribution in [1.82, 2.24) is 0 Å². The third-order valence-corrected chi connectivity index (χ3v) is 3.69. The molecule has 104 valence electrons. The van der Waals surface area contributed by atoms with Crippen LogP contribution in [0.2, 0.25) is 0 Å². The normalized spacial score (nSPS) is 10.3. The Kier molecular flexibility index (Phi) is 5.18. The van der Waals surface area contributed by atoms with Crippen LogP contribution in [0.5, 0.6) is 0 Å². The minimum atomic E-state index is -0.293. The maximum absolute atomic E-state index is 12.8. The zero-order valence-corrected chi connectivity index (χ0v) is 12.0. The van der Waals surface area contributed by atoms with E-state index in [1.165, 1.54) is 12.1 Å². The first-order chi connectivity index (χ1) is 9.69. The van der Waals surface area contributed by atoms with Crippen LogP contribution in [-0.4, -0.2) is 11.7 Å². The molecule has 0 fully saturated rings. The predicted octanol–water partition coefficient (Wildman–Crippen LogP) is 4.12. The highest BCUT2D eigenvalue weighted by molar-refractivity contribution is 7.99. The smallest absolute Gasteiger partial charge is 0.228 e. The van der Waals surface area contributed by atoms with E-state index in [2.05, 4.69) is 12.2 Å². The van der Waals surface area contributed by atoms with Gasteiger partial charge in [-0.1, -0.05) is 31.2 Å². The Morgan fingerprint density at radius 3 is 2.55 bits per heavy atom. The van der Waals surface area contributed by atoms with Crippen LogP contribution < -0.4 is 5.32 Å². The van der Waals surface area contributed by atoms with Crippen molar-refractivity contribution >= 4 is 23.4 Å². The van der Waals surface area contributed by atoms with Gasteiger partial charge in [0, 0.05) is 4.90 Å². The Hall–Kier alpha value is -1.81. The van der Waals surface area contributed by atoms with Gasteiger partial charge in [-0.2, -0.15) is 0 Å². The molecular formula is C16H16FNOS. The number of benzene rings is 2. The van der Waals surface area contributed by atoms with Crippen LogP contribution in [0.15, 0.2) is 53.4 Å². The summed E-state index contributed by atoms with van der Waals surface area (Å²) in [6.45, 7) is 2.07. The molecule has 0 bridgehead atoms. The summed E-state index contributed by atoms with van der Waals surface area (Å²) < 4.78 is 12.8. The number of anilines is 1. The lowest BCUT2D eigenvalue weighted by Gasteiger charge is -2.10. The Morgan fingerprint density at radius 1 is 1.15 bits per heavy atom. The van der Waals surface area contributed by atoms with E-state index in [1.54, 1.807) is 23.9 Å². The average Bonchev–Trinajstić information content (AvgIpc) is 2.44. The molecule has 0 aliphatic rings. The molecule has 1 N–H and O–H groups in total. The minimum Gasteiger partial charge on any atom is -0.325 e. The Bertz CT molecular complexity index is 583. The topological polar surface area (TPSA) is 29.1 Å². The van der Waals surface area contributed by atoms with Crippen LogP contribution in [0.3, 0.4) is 0 Å². The number of thioether (sulfide) groups is 1. The van der Waals surface area contributed by atoms with E-state index in [4.69, 9.17) is 0 Å². The monoisotopic (exact) mass is 289 g/mol. The lowest BCUT2D eigenvalue weighted by molar-refractivity contribution is -0.115. The highest BCUT2D eigenvalue weighted by Gasteiger charge is 2.07. The molecule has 0 saturated heterocycles. The molecule has 1 amide bonds. The summed E-state index contributed by atoms with van der Waals surface area (Å²) in [5.74, 6) is 0.560. The summed E-state index contributed by atoms with van der Waals surface area (Å²) in [7, 11) is 0. The largest absolute Gasteiger partial charge is 0.325 e. The van der Waals surface area contributed by atoms with Gasteiger partial charge in [0.05, 0.1) is 12.1 Å². The second-order valence-electron chi connectivity index (χ2n) is 4.28. The number of amides is 1. The standard InChI is InChI=1S/C16H16FNOS/c1-2-20-15-6-4-3-5-14(15)18-16(19)11-12-7-9-13(17)10-8-12/h3-10H,2,11H2,1H3,(H,18,19). The molecule has 2 nitrogen and oxygen atoms in total. The van der Waals surface area contributed by atoms with Gasteiger partial charge in [-0.3, -0.25) is 4.79 Å². The van der Waals surface area contributed by atoms with Gasteiger partial charge in [0.15, 0.2) is 0 Å². The first-order valence-electron chi connectivity index (χ1n) is 6.45. The number of carbonyl (C=O) groups excluding carboxylic acids is 1. The van der Waals surface area contributed by atoms with E-state index in [-0.39, 0.29) is 18.1 Å². The molecule has 0 aromatic heterocycles. The summed E-state index contributed by atoms with van der Waals surface area (Å²) in [5, 5.41) is 2.90. The Balaban J connectivity index is 2.02. The van der Waals surface area contributed by atoms with Gasteiger partial charge in [0.1, 0.15) is 5.82 Å². The summed E-state index contributed by atoms with van der Waals surface area (Å²) in [5.41, 5.74) is 1.62. The molecule has 0 radical (unpaired) electrons. The number of carbonyl (C=O) groups is 1. The van der Waals surface area contributed by atoms with Crippen molar-refractivity contribution < 1.29 is 9.18 Å². The lowest BCUT2D eigenvalue weighted by atomic mass is 10.1. The quantitative estimate of drug-likeness (QED) is 0.839. The van der Waals surface area contributed by atoms with E-state index < -0.39 is 0 Å². The summed E-state index contributed by atoms with van der Waals surface area (Å²) in [6, 6.07) is 13.7. The molecule has 2 aromatic rings. The highest BCUT2D eigenvalue weighted by Crippen LogP contribution is 2.26. The molecule has 0 aliphatic heterocycles. The van der Waals surface area contributed by atoms with E-state index in [0.717, 1.165) is 21.9 Å². The van der Waals surface area contributed by atoms with Crippen LogP contribution in [-0.2, 0) is 11.2 Å². The van der Waals surface area contributed by atoms with Gasteiger partial charge in [-0.05, 0) is 35.6 Å². The van der Waals surface area contributed by atoms with E-state index >= 15 is 0 Å². The maximum Gasteiger partial charge on any atom is 0.228 e. The number of hydrogen-bond donors (Lipinski definition) is 1. The third-order valence-electron chi connectivity index (χ3n) is 2.74. The molecule has 0 atom stereocenters. The number of rotatable bonds is 5. The van der Waals surface area contributed by atoms with E-state index in [1.807, 2.05) is 24.3 Å². The van der Waals surface area contributed by atoms with Gasteiger partial charge in [0.2, 0.25) is 5.91 Å². The molecule has 0 aliphatic carbocycles. The van der Waals surface area contributed by atoms with Crippen molar-refractivity contribution in [2.45, 2.75) is 18.2 Å². The molecule has 4 heteroatoms. The molecule has 0 saturated carbocycles. The van der Waals surface area contributed by atoms with Crippen molar-refractivity contribution in [3.05, 3.63) is 59.9 Å². The molecule has 2 aromatic carbocycles. The molecule has 20 heavy (non-hydrogen) atoms. The van der Waals surface area contributed by atoms with Gasteiger partial charge in [0.25, 0.3) is 0 Å². The molecular weight excluding hydrogens is 273 g/mol. The van der Waals surface area contributed by atoms with Gasteiger partial charge >= 0.3 is 0 Å². The average molecular weight is 289 g/mol. The predicted molar refractivity (Wildman–Crippen MR) is 81.6 cm³/mol. The first kappa shape index (κ1) is 14.6. The second-order valence-corrected chi connectivity index (χ2v) is 5.59. The molecule has 0 heterocycles. The number of nitrogens with one attached hydrogen (secondary N) is 1. The van der Waals surface area contributed by atoms with Crippen LogP contribution in [0, 0.1) is 5.82 Å². The van der Waals surface area contributed by atoms with Gasteiger partial charge in [-0.15, -0.1) is 11.8 Å². The van der Waals surface area contributed by atoms with E-state index in [0.29, 0.717) is 0 Å². The van der Waals surface area contributed by atoms with Gasteiger partial charge < -0.3 is 5.32 Å². The lowest BCUT2D eigenvalue weighted by Crippen LogP contribution is -2.14. The minimum absolute atomic E-state index is 0.0965. The fourth-order valence-electron chi connectivity index (χ4n) is 1.83. The molecule has 0 spiro atoms. The van der Waals surface area contributed by atoms with Crippen LogP contribution >= 0.6 is 11.8 Å². The van der Waals surface area contributed by atoms with E-state index in [9.17, 15) is 9.18 Å². The van der Waals surface area contributed by atoms with Crippen LogP contribution in [0.25, 0.3) is 0 Å². The highest BCUT2D eigenvalue weighted by atomic mass is 32.2. The second kappa shape index (κ2) is 7.10. The Labute approximate surface area is 122 Å². The number of hydrogen-bond acceptors (Lipinski definition) is 2.